The molecular weight excluding hydrogens is 325 g/mol. The predicted molar refractivity (Wildman–Crippen MR) is 83.6 cm³/mol. The summed E-state index contributed by atoms with van der Waals surface area (Å²) in [6, 6.07) is 7.53. The molecule has 2 heterocycles. The third-order valence-corrected chi connectivity index (χ3v) is 4.17. The van der Waals surface area contributed by atoms with E-state index in [1.165, 1.54) is 0 Å². The van der Waals surface area contributed by atoms with Gasteiger partial charge in [-0.3, -0.25) is 4.79 Å². The van der Waals surface area contributed by atoms with E-state index in [1.54, 1.807) is 13.1 Å². The molecule has 0 unspecified atom stereocenters. The predicted octanol–water partition coefficient (Wildman–Crippen LogP) is 0.983. The summed E-state index contributed by atoms with van der Waals surface area (Å²) in [6.07, 6.45) is 3.62. The summed E-state index contributed by atoms with van der Waals surface area (Å²) in [6.45, 7) is 3.31. The van der Waals surface area contributed by atoms with Crippen molar-refractivity contribution >= 4 is 17.4 Å². The zero-order chi connectivity index (χ0) is 14.8. The summed E-state index contributed by atoms with van der Waals surface area (Å²) in [5, 5.41) is 9.52. The largest absolute Gasteiger partial charge is 1.00 e. The van der Waals surface area contributed by atoms with Crippen molar-refractivity contribution in [2.45, 2.75) is 25.7 Å². The summed E-state index contributed by atoms with van der Waals surface area (Å²) in [7, 11) is 0. The summed E-state index contributed by atoms with van der Waals surface area (Å²) in [5.41, 5.74) is 2.67. The van der Waals surface area contributed by atoms with Crippen LogP contribution in [0.5, 0.6) is 0 Å². The van der Waals surface area contributed by atoms with Crippen LogP contribution < -0.4 is 51.4 Å². The third kappa shape index (κ3) is 3.90. The molecule has 0 aliphatic carbocycles. The average molecular weight is 342 g/mol. The maximum absolute atomic E-state index is 11.9. The first kappa shape index (κ1) is 18.3. The Morgan fingerprint density at radius 1 is 1.27 bits per heavy atom. The molecule has 1 saturated heterocycles. The Kier molecular flexibility index (Phi) is 6.83. The van der Waals surface area contributed by atoms with Gasteiger partial charge in [-0.2, -0.15) is 5.10 Å². The van der Waals surface area contributed by atoms with Crippen LogP contribution >= 0.6 is 11.6 Å². The van der Waals surface area contributed by atoms with E-state index in [0.717, 1.165) is 42.9 Å². The molecule has 1 aliphatic rings. The molecule has 0 spiro atoms. The van der Waals surface area contributed by atoms with Gasteiger partial charge in [0.1, 0.15) is 0 Å². The smallest absolute Gasteiger partial charge is 0.662 e. The Morgan fingerprint density at radius 2 is 1.91 bits per heavy atom. The molecule has 1 aliphatic heterocycles. The van der Waals surface area contributed by atoms with E-state index in [9.17, 15) is 4.79 Å². The number of rotatable bonds is 3. The first-order chi connectivity index (χ1) is 10.2. The Labute approximate surface area is 178 Å². The molecule has 1 aromatic carbocycles. The van der Waals surface area contributed by atoms with Crippen molar-refractivity contribution < 1.29 is 56.2 Å². The molecule has 0 saturated carbocycles. The second-order valence-corrected chi connectivity index (χ2v) is 5.77. The minimum absolute atomic E-state index is 0. The van der Waals surface area contributed by atoms with Gasteiger partial charge in [0.2, 0.25) is 0 Å². The SMILES string of the molecule is CC(=O)c1cnn(-c2ccc(Cl)cc2)c1C1CC[N-]CC1.[K+]. The molecule has 110 valence electrons. The van der Waals surface area contributed by atoms with Gasteiger partial charge in [-0.25, -0.2) is 4.68 Å². The van der Waals surface area contributed by atoms with Crippen molar-refractivity contribution in [3.63, 3.8) is 0 Å². The average Bonchev–Trinajstić information content (AvgIpc) is 2.94. The first-order valence-electron chi connectivity index (χ1n) is 7.15. The number of carbonyl (C=O) groups is 1. The number of hydrogen-bond donors (Lipinski definition) is 0. The molecule has 1 fully saturated rings. The molecule has 0 atom stereocenters. The van der Waals surface area contributed by atoms with Crippen LogP contribution in [-0.4, -0.2) is 28.7 Å². The standard InChI is InChI=1S/C16H17ClN3O.K/c1-11(21)15-10-19-20(14-4-2-13(17)3-5-14)16(15)12-6-8-18-9-7-12;/h2-5,10,12H,6-9H2,1H3;/q-1;+1. The van der Waals surface area contributed by atoms with Crippen molar-refractivity contribution in [2.24, 2.45) is 0 Å². The molecule has 0 radical (unpaired) electrons. The fourth-order valence-corrected chi connectivity index (χ4v) is 2.96. The van der Waals surface area contributed by atoms with Gasteiger partial charge in [-0.05, 0) is 37.1 Å². The van der Waals surface area contributed by atoms with Crippen LogP contribution in [0.2, 0.25) is 5.02 Å². The Balaban J connectivity index is 0.00000176. The number of Topliss-reactive ketones (excluding diaryl/α,β-unsaturated/α-hetero) is 1. The summed E-state index contributed by atoms with van der Waals surface area (Å²) >= 11 is 5.95. The zero-order valence-corrected chi connectivity index (χ0v) is 16.8. The summed E-state index contributed by atoms with van der Waals surface area (Å²) < 4.78 is 1.88. The van der Waals surface area contributed by atoms with Crippen LogP contribution in [0, 0.1) is 0 Å². The number of carbonyl (C=O) groups excluding carboxylic acids is 1. The molecule has 6 heteroatoms. The van der Waals surface area contributed by atoms with Crippen LogP contribution in [0.25, 0.3) is 11.0 Å². The number of aromatic nitrogens is 2. The van der Waals surface area contributed by atoms with Gasteiger partial charge in [-0.1, -0.05) is 24.4 Å². The van der Waals surface area contributed by atoms with Crippen molar-refractivity contribution in [3.8, 4) is 5.69 Å². The fourth-order valence-electron chi connectivity index (χ4n) is 2.83. The molecular formula is C16H17ClKN3O. The molecule has 1 aromatic heterocycles. The maximum Gasteiger partial charge on any atom is 1.00 e. The van der Waals surface area contributed by atoms with Gasteiger partial charge >= 0.3 is 51.4 Å². The Bertz CT molecular complexity index is 648. The quantitative estimate of drug-likeness (QED) is 0.617. The fraction of sp³-hybridized carbons (Fsp3) is 0.375. The second-order valence-electron chi connectivity index (χ2n) is 5.33. The van der Waals surface area contributed by atoms with Crippen LogP contribution in [0.15, 0.2) is 30.5 Å². The van der Waals surface area contributed by atoms with Gasteiger partial charge in [0.25, 0.3) is 0 Å². The number of piperidine rings is 1. The number of ketones is 1. The van der Waals surface area contributed by atoms with Crippen LogP contribution in [-0.2, 0) is 0 Å². The molecule has 22 heavy (non-hydrogen) atoms. The van der Waals surface area contributed by atoms with Crippen LogP contribution in [0.3, 0.4) is 0 Å². The number of hydrogen-bond acceptors (Lipinski definition) is 2. The van der Waals surface area contributed by atoms with Crippen molar-refractivity contribution in [1.82, 2.24) is 9.78 Å². The van der Waals surface area contributed by atoms with Crippen molar-refractivity contribution in [1.29, 1.82) is 0 Å². The van der Waals surface area contributed by atoms with E-state index in [4.69, 9.17) is 11.6 Å². The van der Waals surface area contributed by atoms with Crippen molar-refractivity contribution in [3.05, 3.63) is 52.1 Å². The number of nitrogens with zero attached hydrogens (tertiary/aromatic N) is 3. The van der Waals surface area contributed by atoms with E-state index < -0.39 is 0 Å². The topological polar surface area (TPSA) is 49.0 Å². The Morgan fingerprint density at radius 3 is 2.50 bits per heavy atom. The molecule has 0 amide bonds. The minimum Gasteiger partial charge on any atom is -0.662 e. The zero-order valence-electron chi connectivity index (χ0n) is 12.9. The summed E-state index contributed by atoms with van der Waals surface area (Å²) in [5.74, 6) is 0.396. The van der Waals surface area contributed by atoms with Crippen LogP contribution in [0.1, 0.15) is 41.7 Å². The van der Waals surface area contributed by atoms with Gasteiger partial charge in [0.05, 0.1) is 23.1 Å². The molecule has 0 bridgehead atoms. The minimum atomic E-state index is 0. The normalized spacial score (nSPS) is 15.4. The number of benzene rings is 1. The van der Waals surface area contributed by atoms with Gasteiger partial charge in [-0.15, -0.1) is 13.1 Å². The van der Waals surface area contributed by atoms with Gasteiger partial charge < -0.3 is 5.32 Å². The van der Waals surface area contributed by atoms with Crippen LogP contribution in [0.4, 0.5) is 0 Å². The molecule has 4 nitrogen and oxygen atoms in total. The molecule has 0 N–H and O–H groups in total. The van der Waals surface area contributed by atoms with E-state index in [0.29, 0.717) is 10.9 Å². The molecule has 2 aromatic rings. The monoisotopic (exact) mass is 341 g/mol. The van der Waals surface area contributed by atoms with Gasteiger partial charge in [0.15, 0.2) is 5.78 Å². The van der Waals surface area contributed by atoms with Crippen molar-refractivity contribution in [2.75, 3.05) is 13.1 Å². The Hall–Kier alpha value is -0.0136. The van der Waals surface area contributed by atoms with E-state index >= 15 is 0 Å². The maximum atomic E-state index is 11.9. The van der Waals surface area contributed by atoms with E-state index in [2.05, 4.69) is 10.4 Å². The van der Waals surface area contributed by atoms with Gasteiger partial charge in [0, 0.05) is 5.02 Å². The van der Waals surface area contributed by atoms with E-state index in [-0.39, 0.29) is 57.2 Å². The first-order valence-corrected chi connectivity index (χ1v) is 7.52. The summed E-state index contributed by atoms with van der Waals surface area (Å²) in [4.78, 5) is 11.9. The third-order valence-electron chi connectivity index (χ3n) is 3.91. The second kappa shape index (κ2) is 8.19. The van der Waals surface area contributed by atoms with E-state index in [1.807, 2.05) is 28.9 Å². The molecule has 3 rings (SSSR count). The number of halogens is 1.